The number of hydrogen-bond donors (Lipinski definition) is 1. The second kappa shape index (κ2) is 10.1. The van der Waals surface area contributed by atoms with Crippen molar-refractivity contribution < 1.29 is 9.21 Å². The van der Waals surface area contributed by atoms with Gasteiger partial charge in [-0.1, -0.05) is 24.3 Å². The van der Waals surface area contributed by atoms with Crippen LogP contribution in [0.1, 0.15) is 28.6 Å². The molecule has 0 bridgehead atoms. The quantitative estimate of drug-likeness (QED) is 0.598. The number of aliphatic imine (C=N–C) groups is 1. The lowest BCUT2D eigenvalue weighted by Gasteiger charge is -2.36. The maximum Gasteiger partial charge on any atom is 0.289 e. The van der Waals surface area contributed by atoms with E-state index in [1.165, 1.54) is 17.4 Å². The first-order chi connectivity index (χ1) is 14.1. The van der Waals surface area contributed by atoms with Crippen molar-refractivity contribution in [1.82, 2.24) is 20.0 Å². The lowest BCUT2D eigenvalue weighted by molar-refractivity contribution is 0.0657. The Bertz CT molecular complexity index is 808. The molecular weight excluding hydrogens is 366 g/mol. The molecule has 2 heterocycles. The van der Waals surface area contributed by atoms with E-state index in [-0.39, 0.29) is 5.91 Å². The molecule has 0 aliphatic carbocycles. The topological polar surface area (TPSA) is 64.3 Å². The monoisotopic (exact) mass is 397 g/mol. The van der Waals surface area contributed by atoms with Gasteiger partial charge in [-0.05, 0) is 44.3 Å². The Morgan fingerprint density at radius 2 is 1.76 bits per heavy atom. The van der Waals surface area contributed by atoms with Crippen molar-refractivity contribution in [3.63, 3.8) is 0 Å². The molecule has 7 nitrogen and oxygen atoms in total. The molecule has 0 radical (unpaired) electrons. The van der Waals surface area contributed by atoms with E-state index in [0.717, 1.165) is 32.1 Å². The normalized spacial score (nSPS) is 15.1. The fourth-order valence-corrected chi connectivity index (χ4v) is 3.47. The number of benzene rings is 1. The second-order valence-corrected chi connectivity index (χ2v) is 7.43. The summed E-state index contributed by atoms with van der Waals surface area (Å²) in [6.07, 6.45) is 1.54. The molecule has 1 saturated heterocycles. The van der Waals surface area contributed by atoms with Crippen LogP contribution in [-0.2, 0) is 13.1 Å². The van der Waals surface area contributed by atoms with E-state index in [9.17, 15) is 4.79 Å². The van der Waals surface area contributed by atoms with Gasteiger partial charge in [0.2, 0.25) is 0 Å². The van der Waals surface area contributed by atoms with Crippen LogP contribution in [0.4, 0.5) is 0 Å². The Labute approximate surface area is 173 Å². The number of piperazine rings is 1. The lowest BCUT2D eigenvalue weighted by Crippen LogP contribution is -2.53. The molecule has 1 amide bonds. The highest BCUT2D eigenvalue weighted by molar-refractivity contribution is 5.91. The maximum atomic E-state index is 12.5. The van der Waals surface area contributed by atoms with Crippen LogP contribution >= 0.6 is 0 Å². The highest BCUT2D eigenvalue weighted by Gasteiger charge is 2.25. The number of carbonyl (C=O) groups is 1. The van der Waals surface area contributed by atoms with Crippen LogP contribution in [0.25, 0.3) is 0 Å². The van der Waals surface area contributed by atoms with Crippen LogP contribution in [0, 0.1) is 0 Å². The van der Waals surface area contributed by atoms with Crippen LogP contribution in [0.2, 0.25) is 0 Å². The summed E-state index contributed by atoms with van der Waals surface area (Å²) < 4.78 is 5.24. The van der Waals surface area contributed by atoms with Gasteiger partial charge >= 0.3 is 0 Å². The number of carbonyl (C=O) groups excluding carboxylic acids is 1. The average Bonchev–Trinajstić information content (AvgIpc) is 3.26. The van der Waals surface area contributed by atoms with Crippen LogP contribution in [-0.4, -0.2) is 73.4 Å². The molecule has 2 aromatic rings. The highest BCUT2D eigenvalue weighted by Crippen LogP contribution is 2.13. The van der Waals surface area contributed by atoms with Gasteiger partial charge < -0.3 is 24.4 Å². The Hall–Kier alpha value is -2.80. The number of rotatable bonds is 6. The molecule has 1 aromatic carbocycles. The van der Waals surface area contributed by atoms with Crippen molar-refractivity contribution in [3.05, 3.63) is 59.5 Å². The van der Waals surface area contributed by atoms with Crippen LogP contribution in [0.5, 0.6) is 0 Å². The highest BCUT2D eigenvalue weighted by atomic mass is 16.3. The van der Waals surface area contributed by atoms with Crippen molar-refractivity contribution in [2.45, 2.75) is 20.0 Å². The van der Waals surface area contributed by atoms with E-state index in [4.69, 9.17) is 9.41 Å². The van der Waals surface area contributed by atoms with Gasteiger partial charge in [-0.25, -0.2) is 4.99 Å². The van der Waals surface area contributed by atoms with E-state index in [2.05, 4.69) is 60.4 Å². The van der Waals surface area contributed by atoms with Crippen molar-refractivity contribution in [1.29, 1.82) is 0 Å². The van der Waals surface area contributed by atoms with Crippen LogP contribution in [0.15, 0.2) is 52.1 Å². The Balaban J connectivity index is 1.64. The largest absolute Gasteiger partial charge is 0.459 e. The van der Waals surface area contributed by atoms with Gasteiger partial charge in [-0.15, -0.1) is 0 Å². The summed E-state index contributed by atoms with van der Waals surface area (Å²) in [5, 5.41) is 3.40. The van der Waals surface area contributed by atoms with Crippen LogP contribution in [0.3, 0.4) is 0 Å². The number of furan rings is 1. The summed E-state index contributed by atoms with van der Waals surface area (Å²) in [5.74, 6) is 1.25. The molecule has 0 unspecified atom stereocenters. The number of amides is 1. The third-order valence-electron chi connectivity index (χ3n) is 4.94. The van der Waals surface area contributed by atoms with Crippen molar-refractivity contribution in [3.8, 4) is 0 Å². The molecule has 0 spiro atoms. The summed E-state index contributed by atoms with van der Waals surface area (Å²) in [5.41, 5.74) is 2.54. The molecular formula is C22H31N5O2. The first kappa shape index (κ1) is 20.9. The molecule has 1 aromatic heterocycles. The zero-order valence-corrected chi connectivity index (χ0v) is 17.6. The summed E-state index contributed by atoms with van der Waals surface area (Å²) in [6, 6.07) is 11.9. The Kier molecular flexibility index (Phi) is 7.30. The minimum absolute atomic E-state index is 0.0470. The first-order valence-electron chi connectivity index (χ1n) is 10.2. The summed E-state index contributed by atoms with van der Waals surface area (Å²) in [6.45, 7) is 7.22. The predicted molar refractivity (Wildman–Crippen MR) is 115 cm³/mol. The maximum absolute atomic E-state index is 12.5. The minimum atomic E-state index is -0.0470. The molecule has 1 aliphatic rings. The third-order valence-corrected chi connectivity index (χ3v) is 4.94. The third kappa shape index (κ3) is 5.60. The summed E-state index contributed by atoms with van der Waals surface area (Å²) in [7, 11) is 4.15. The van der Waals surface area contributed by atoms with E-state index >= 15 is 0 Å². The lowest BCUT2D eigenvalue weighted by atomic mass is 10.1. The standard InChI is InChI=1S/C22H31N5O2/c1-4-23-22(24-16-18-8-5-6-9-19(18)17-25(2)3)27-13-11-26(12-14-27)21(28)20-10-7-15-29-20/h5-10,15H,4,11-14,16-17H2,1-3H3,(H,23,24). The second-order valence-electron chi connectivity index (χ2n) is 7.43. The Morgan fingerprint density at radius 1 is 1.07 bits per heavy atom. The predicted octanol–water partition coefficient (Wildman–Crippen LogP) is 2.26. The summed E-state index contributed by atoms with van der Waals surface area (Å²) in [4.78, 5) is 23.6. The van der Waals surface area contributed by atoms with E-state index in [1.807, 2.05) is 4.90 Å². The molecule has 29 heavy (non-hydrogen) atoms. The van der Waals surface area contributed by atoms with Gasteiger partial charge in [0.15, 0.2) is 11.7 Å². The molecule has 1 N–H and O–H groups in total. The van der Waals surface area contributed by atoms with E-state index in [1.54, 1.807) is 12.1 Å². The Morgan fingerprint density at radius 3 is 2.38 bits per heavy atom. The SMILES string of the molecule is CCNC(=NCc1ccccc1CN(C)C)N1CCN(C(=O)c2ccco2)CC1. The zero-order chi connectivity index (χ0) is 20.6. The van der Waals surface area contributed by atoms with Gasteiger partial charge in [-0.2, -0.15) is 0 Å². The molecule has 7 heteroatoms. The fraction of sp³-hybridized carbons (Fsp3) is 0.455. The fourth-order valence-electron chi connectivity index (χ4n) is 3.47. The first-order valence-corrected chi connectivity index (χ1v) is 10.2. The van der Waals surface area contributed by atoms with Gasteiger partial charge in [0, 0.05) is 39.3 Å². The van der Waals surface area contributed by atoms with Gasteiger partial charge in [0.25, 0.3) is 5.91 Å². The molecule has 1 aliphatic heterocycles. The molecule has 3 rings (SSSR count). The smallest absolute Gasteiger partial charge is 0.289 e. The molecule has 0 atom stereocenters. The summed E-state index contributed by atoms with van der Waals surface area (Å²) >= 11 is 0. The number of nitrogens with one attached hydrogen (secondary N) is 1. The number of hydrogen-bond acceptors (Lipinski definition) is 4. The van der Waals surface area contributed by atoms with E-state index in [0.29, 0.717) is 25.4 Å². The molecule has 0 saturated carbocycles. The number of guanidine groups is 1. The van der Waals surface area contributed by atoms with Crippen molar-refractivity contribution in [2.75, 3.05) is 46.8 Å². The molecule has 1 fully saturated rings. The van der Waals surface area contributed by atoms with Crippen molar-refractivity contribution in [2.24, 2.45) is 4.99 Å². The number of nitrogens with zero attached hydrogens (tertiary/aromatic N) is 4. The minimum Gasteiger partial charge on any atom is -0.459 e. The zero-order valence-electron chi connectivity index (χ0n) is 17.6. The van der Waals surface area contributed by atoms with Gasteiger partial charge in [-0.3, -0.25) is 4.79 Å². The van der Waals surface area contributed by atoms with Crippen LogP contribution < -0.4 is 5.32 Å². The average molecular weight is 398 g/mol. The molecule has 156 valence electrons. The van der Waals surface area contributed by atoms with Gasteiger partial charge in [0.05, 0.1) is 12.8 Å². The van der Waals surface area contributed by atoms with Gasteiger partial charge in [0.1, 0.15) is 0 Å². The van der Waals surface area contributed by atoms with E-state index < -0.39 is 0 Å². The van der Waals surface area contributed by atoms with Crippen molar-refractivity contribution >= 4 is 11.9 Å².